The van der Waals surface area contributed by atoms with Crippen LogP contribution >= 0.6 is 0 Å². The number of amides is 1. The molecule has 1 amide bonds. The number of nitrogens with one attached hydrogen (secondary N) is 1. The van der Waals surface area contributed by atoms with Crippen LogP contribution in [-0.2, 0) is 9.53 Å². The molecule has 12 heteroatoms. The highest BCUT2D eigenvalue weighted by Crippen LogP contribution is 2.27. The topological polar surface area (TPSA) is 193 Å². The maximum absolute atomic E-state index is 12.2. The SMILES string of the molecule is C[C@@H](OC(=O)N[C@H](C(=O)O)c1ccc(C(=O)O)c(C(=O)O)c1)c1ccccc1[N+](=O)[O-]. The summed E-state index contributed by atoms with van der Waals surface area (Å²) in [4.78, 5) is 56.7. The van der Waals surface area contributed by atoms with Gasteiger partial charge in [-0.1, -0.05) is 18.2 Å². The molecule has 0 saturated carbocycles. The number of alkyl carbamates (subject to hydrolysis) is 1. The molecular formula is C19H16N2O10. The summed E-state index contributed by atoms with van der Waals surface area (Å²) in [7, 11) is 0. The van der Waals surface area contributed by atoms with Crippen LogP contribution in [0.2, 0.25) is 0 Å². The number of carbonyl (C=O) groups excluding carboxylic acids is 1. The molecule has 0 saturated heterocycles. The Morgan fingerprint density at radius 3 is 2.16 bits per heavy atom. The third kappa shape index (κ3) is 5.32. The molecule has 0 bridgehead atoms. The van der Waals surface area contributed by atoms with Gasteiger partial charge in [-0.25, -0.2) is 19.2 Å². The number of carboxylic acid groups (broad SMARTS) is 3. The Morgan fingerprint density at radius 1 is 1.00 bits per heavy atom. The van der Waals surface area contributed by atoms with Crippen LogP contribution in [0.5, 0.6) is 0 Å². The number of nitro groups is 1. The molecule has 0 fully saturated rings. The Kier molecular flexibility index (Phi) is 6.87. The number of nitrogens with zero attached hydrogens (tertiary/aromatic N) is 1. The molecule has 0 aromatic heterocycles. The van der Waals surface area contributed by atoms with Crippen molar-refractivity contribution in [3.05, 3.63) is 74.8 Å². The van der Waals surface area contributed by atoms with Gasteiger partial charge < -0.3 is 25.4 Å². The Bertz CT molecular complexity index is 1070. The molecule has 0 aliphatic heterocycles. The van der Waals surface area contributed by atoms with Crippen LogP contribution in [0.15, 0.2) is 42.5 Å². The van der Waals surface area contributed by atoms with Crippen molar-refractivity contribution in [3.8, 4) is 0 Å². The number of benzene rings is 2. The van der Waals surface area contributed by atoms with Crippen LogP contribution in [0.4, 0.5) is 10.5 Å². The molecule has 2 aromatic carbocycles. The van der Waals surface area contributed by atoms with E-state index < -0.39 is 52.2 Å². The summed E-state index contributed by atoms with van der Waals surface area (Å²) < 4.78 is 5.04. The molecule has 2 rings (SSSR count). The quantitative estimate of drug-likeness (QED) is 0.356. The van der Waals surface area contributed by atoms with E-state index in [4.69, 9.17) is 9.84 Å². The van der Waals surface area contributed by atoms with Crippen molar-refractivity contribution in [2.45, 2.75) is 19.1 Å². The number of rotatable bonds is 8. The second-order valence-electron chi connectivity index (χ2n) is 6.19. The average molecular weight is 432 g/mol. The summed E-state index contributed by atoms with van der Waals surface area (Å²) in [6, 6.07) is 6.50. The number of hydrogen-bond acceptors (Lipinski definition) is 7. The molecule has 0 heterocycles. The van der Waals surface area contributed by atoms with Gasteiger partial charge >= 0.3 is 24.0 Å². The van der Waals surface area contributed by atoms with Crippen molar-refractivity contribution in [2.24, 2.45) is 0 Å². The maximum atomic E-state index is 12.2. The van der Waals surface area contributed by atoms with Crippen LogP contribution in [-0.4, -0.2) is 44.2 Å². The predicted octanol–water partition coefficient (Wildman–Crippen LogP) is 2.60. The van der Waals surface area contributed by atoms with Crippen molar-refractivity contribution >= 4 is 29.7 Å². The number of aromatic carboxylic acids is 2. The normalized spacial score (nSPS) is 12.3. The third-order valence-corrected chi connectivity index (χ3v) is 4.20. The van der Waals surface area contributed by atoms with E-state index in [1.165, 1.54) is 31.2 Å². The minimum Gasteiger partial charge on any atom is -0.479 e. The lowest BCUT2D eigenvalue weighted by Gasteiger charge is -2.19. The molecule has 162 valence electrons. The lowest BCUT2D eigenvalue weighted by Crippen LogP contribution is -2.35. The number of nitro benzene ring substituents is 1. The summed E-state index contributed by atoms with van der Waals surface area (Å²) in [6.45, 7) is 1.35. The summed E-state index contributed by atoms with van der Waals surface area (Å²) >= 11 is 0. The van der Waals surface area contributed by atoms with E-state index in [1.807, 2.05) is 5.32 Å². The molecule has 2 atom stereocenters. The van der Waals surface area contributed by atoms with Crippen molar-refractivity contribution in [3.63, 3.8) is 0 Å². The van der Waals surface area contributed by atoms with Gasteiger partial charge in [0.25, 0.3) is 5.69 Å². The molecular weight excluding hydrogens is 416 g/mol. The van der Waals surface area contributed by atoms with Gasteiger partial charge in [0.2, 0.25) is 0 Å². The van der Waals surface area contributed by atoms with Crippen molar-refractivity contribution in [1.82, 2.24) is 5.32 Å². The molecule has 2 aromatic rings. The van der Waals surface area contributed by atoms with Gasteiger partial charge in [-0.05, 0) is 30.7 Å². The predicted molar refractivity (Wildman–Crippen MR) is 102 cm³/mol. The monoisotopic (exact) mass is 432 g/mol. The molecule has 0 aliphatic rings. The lowest BCUT2D eigenvalue weighted by molar-refractivity contribution is -0.386. The number of ether oxygens (including phenoxy) is 1. The van der Waals surface area contributed by atoms with Crippen molar-refractivity contribution in [2.75, 3.05) is 0 Å². The van der Waals surface area contributed by atoms with Crippen LogP contribution in [0, 0.1) is 10.1 Å². The second-order valence-corrected chi connectivity index (χ2v) is 6.19. The molecule has 0 unspecified atom stereocenters. The summed E-state index contributed by atoms with van der Waals surface area (Å²) in [5.41, 5.74) is -1.67. The standard InChI is InChI=1S/C19H16N2O10/c1-9(11-4-2-3-5-14(11)21(29)30)31-19(28)20-15(18(26)27)10-6-7-12(16(22)23)13(8-10)17(24)25/h2-9,15H,1H3,(H,20,28)(H,22,23)(H,24,25)(H,26,27)/t9-,15+/m1/s1. The minimum atomic E-state index is -1.77. The van der Waals surface area contributed by atoms with E-state index >= 15 is 0 Å². The van der Waals surface area contributed by atoms with Gasteiger partial charge in [-0.2, -0.15) is 0 Å². The molecule has 0 aliphatic carbocycles. The van der Waals surface area contributed by atoms with Gasteiger partial charge in [0.05, 0.1) is 21.6 Å². The number of para-hydroxylation sites is 1. The maximum Gasteiger partial charge on any atom is 0.408 e. The molecule has 4 N–H and O–H groups in total. The molecule has 31 heavy (non-hydrogen) atoms. The minimum absolute atomic E-state index is 0.0773. The summed E-state index contributed by atoms with van der Waals surface area (Å²) in [6.07, 6.45) is -2.35. The van der Waals surface area contributed by atoms with Crippen LogP contribution < -0.4 is 5.32 Å². The third-order valence-electron chi connectivity index (χ3n) is 4.20. The zero-order chi connectivity index (χ0) is 23.3. The van der Waals surface area contributed by atoms with Gasteiger partial charge in [0.1, 0.15) is 6.10 Å². The largest absolute Gasteiger partial charge is 0.479 e. The van der Waals surface area contributed by atoms with Gasteiger partial charge in [-0.15, -0.1) is 0 Å². The highest BCUT2D eigenvalue weighted by Gasteiger charge is 2.28. The Balaban J connectivity index is 2.26. The molecule has 0 radical (unpaired) electrons. The first-order valence-electron chi connectivity index (χ1n) is 8.56. The second kappa shape index (κ2) is 9.35. The molecule has 12 nitrogen and oxygen atoms in total. The lowest BCUT2D eigenvalue weighted by atomic mass is 9.99. The number of hydrogen-bond donors (Lipinski definition) is 4. The van der Waals surface area contributed by atoms with Crippen LogP contribution in [0.1, 0.15) is 50.9 Å². The first kappa shape index (κ1) is 22.8. The Hall–Kier alpha value is -4.48. The zero-order valence-corrected chi connectivity index (χ0v) is 15.8. The Labute approximate surface area is 173 Å². The van der Waals surface area contributed by atoms with E-state index in [2.05, 4.69) is 0 Å². The highest BCUT2D eigenvalue weighted by molar-refractivity contribution is 6.02. The number of aliphatic carboxylic acids is 1. The zero-order valence-electron chi connectivity index (χ0n) is 15.8. The van der Waals surface area contributed by atoms with E-state index in [0.29, 0.717) is 0 Å². The number of carboxylic acids is 3. The van der Waals surface area contributed by atoms with Crippen molar-refractivity contribution < 1.29 is 44.2 Å². The number of carbonyl (C=O) groups is 4. The summed E-state index contributed by atoms with van der Waals surface area (Å²) in [5.74, 6) is -4.70. The van der Waals surface area contributed by atoms with Gasteiger partial charge in [-0.3, -0.25) is 10.1 Å². The van der Waals surface area contributed by atoms with Crippen molar-refractivity contribution in [1.29, 1.82) is 0 Å². The first-order valence-corrected chi connectivity index (χ1v) is 8.56. The van der Waals surface area contributed by atoms with E-state index in [1.54, 1.807) is 0 Å². The Morgan fingerprint density at radius 2 is 1.61 bits per heavy atom. The smallest absolute Gasteiger partial charge is 0.408 e. The van der Waals surface area contributed by atoms with E-state index in [0.717, 1.165) is 18.2 Å². The highest BCUT2D eigenvalue weighted by atomic mass is 16.6. The van der Waals surface area contributed by atoms with Crippen LogP contribution in [0.25, 0.3) is 0 Å². The fourth-order valence-corrected chi connectivity index (χ4v) is 2.77. The van der Waals surface area contributed by atoms with E-state index in [-0.39, 0.29) is 16.8 Å². The fourth-order valence-electron chi connectivity index (χ4n) is 2.77. The summed E-state index contributed by atoms with van der Waals surface area (Å²) in [5, 5.41) is 40.8. The van der Waals surface area contributed by atoms with Gasteiger partial charge in [0, 0.05) is 6.07 Å². The van der Waals surface area contributed by atoms with Crippen LogP contribution in [0.3, 0.4) is 0 Å². The van der Waals surface area contributed by atoms with E-state index in [9.17, 15) is 39.5 Å². The van der Waals surface area contributed by atoms with Gasteiger partial charge in [0.15, 0.2) is 6.04 Å². The molecule has 0 spiro atoms. The first-order chi connectivity index (χ1) is 14.5. The fraction of sp³-hybridized carbons (Fsp3) is 0.158. The average Bonchev–Trinajstić information content (AvgIpc) is 2.71.